The zero-order valence-electron chi connectivity index (χ0n) is 12.3. The van der Waals surface area contributed by atoms with E-state index in [4.69, 9.17) is 0 Å². The quantitative estimate of drug-likeness (QED) is 0.738. The molecule has 4 nitrogen and oxygen atoms in total. The number of nitrogens with zero attached hydrogens (tertiary/aromatic N) is 1. The smallest absolute Gasteiger partial charge is 0.417 e. The molecule has 0 unspecified atom stereocenters. The van der Waals surface area contributed by atoms with E-state index in [1.54, 1.807) is 0 Å². The normalized spacial score (nSPS) is 12.6. The minimum absolute atomic E-state index is 0.0223. The predicted molar refractivity (Wildman–Crippen MR) is 83.0 cm³/mol. The van der Waals surface area contributed by atoms with Gasteiger partial charge in [-0.15, -0.1) is 11.3 Å². The van der Waals surface area contributed by atoms with E-state index < -0.39 is 17.3 Å². The highest BCUT2D eigenvalue weighted by Gasteiger charge is 2.35. The molecule has 2 N–H and O–H groups in total. The number of fused-ring (bicyclic) bond motifs is 3. The van der Waals surface area contributed by atoms with Crippen molar-refractivity contribution in [3.8, 4) is 5.75 Å². The van der Waals surface area contributed by atoms with Gasteiger partial charge >= 0.3 is 6.18 Å². The van der Waals surface area contributed by atoms with E-state index in [1.165, 1.54) is 0 Å². The van der Waals surface area contributed by atoms with Crippen molar-refractivity contribution < 1.29 is 18.3 Å². The highest BCUT2D eigenvalue weighted by molar-refractivity contribution is 7.25. The monoisotopic (exact) mass is 342 g/mol. The zero-order chi connectivity index (χ0) is 16.9. The van der Waals surface area contributed by atoms with E-state index in [-0.39, 0.29) is 32.1 Å². The van der Waals surface area contributed by atoms with Gasteiger partial charge < -0.3 is 10.1 Å². The molecule has 0 radical (unpaired) electrons. The molecular formula is C15H13F3N2O2S. The van der Waals surface area contributed by atoms with Crippen molar-refractivity contribution in [2.24, 2.45) is 5.92 Å². The first kappa shape index (κ1) is 15.8. The van der Waals surface area contributed by atoms with Crippen LogP contribution in [0.5, 0.6) is 5.75 Å². The summed E-state index contributed by atoms with van der Waals surface area (Å²) in [6.07, 6.45) is -4.17. The van der Waals surface area contributed by atoms with Gasteiger partial charge in [-0.1, -0.05) is 13.8 Å². The van der Waals surface area contributed by atoms with Crippen LogP contribution in [-0.2, 0) is 12.6 Å². The van der Waals surface area contributed by atoms with Crippen LogP contribution in [0.15, 0.2) is 16.9 Å². The predicted octanol–water partition coefficient (Wildman–Crippen LogP) is 4.06. The summed E-state index contributed by atoms with van der Waals surface area (Å²) in [5.74, 6) is -0.186. The van der Waals surface area contributed by atoms with Gasteiger partial charge in [0, 0.05) is 17.1 Å². The van der Waals surface area contributed by atoms with Gasteiger partial charge in [0.05, 0.1) is 15.8 Å². The Morgan fingerprint density at radius 1 is 1.35 bits per heavy atom. The number of hydrogen-bond acceptors (Lipinski definition) is 4. The lowest BCUT2D eigenvalue weighted by atomic mass is 10.0. The highest BCUT2D eigenvalue weighted by Crippen LogP contribution is 2.43. The molecule has 0 atom stereocenters. The van der Waals surface area contributed by atoms with E-state index in [2.05, 4.69) is 9.97 Å². The van der Waals surface area contributed by atoms with Crippen LogP contribution < -0.4 is 5.56 Å². The number of hydrogen-bond donors (Lipinski definition) is 2. The van der Waals surface area contributed by atoms with Crippen molar-refractivity contribution in [2.45, 2.75) is 26.4 Å². The van der Waals surface area contributed by atoms with Gasteiger partial charge in [0.2, 0.25) is 0 Å². The van der Waals surface area contributed by atoms with E-state index in [0.717, 1.165) is 23.5 Å². The van der Waals surface area contributed by atoms with Crippen molar-refractivity contribution >= 4 is 31.8 Å². The number of halogens is 3. The number of aromatic hydroxyl groups is 1. The lowest BCUT2D eigenvalue weighted by molar-refractivity contribution is -0.136. The molecule has 3 aromatic heterocycles. The molecule has 0 aliphatic carbocycles. The number of aromatic amines is 1. The van der Waals surface area contributed by atoms with E-state index in [0.29, 0.717) is 12.1 Å². The van der Waals surface area contributed by atoms with Crippen LogP contribution in [-0.4, -0.2) is 15.1 Å². The first-order valence-corrected chi connectivity index (χ1v) is 7.74. The van der Waals surface area contributed by atoms with Crippen LogP contribution in [0.3, 0.4) is 0 Å². The second-order valence-electron chi connectivity index (χ2n) is 5.76. The summed E-state index contributed by atoms with van der Waals surface area (Å²) in [4.78, 5) is 18.3. The fraction of sp³-hybridized carbons (Fsp3) is 0.333. The van der Waals surface area contributed by atoms with Gasteiger partial charge in [0.25, 0.3) is 5.56 Å². The summed E-state index contributed by atoms with van der Waals surface area (Å²) in [5.41, 5.74) is -1.18. The molecule has 0 saturated heterocycles. The van der Waals surface area contributed by atoms with Crippen molar-refractivity contribution in [1.82, 2.24) is 9.97 Å². The molecule has 23 heavy (non-hydrogen) atoms. The maximum Gasteiger partial charge on any atom is 0.417 e. The maximum absolute atomic E-state index is 13.5. The Balaban J connectivity index is 2.45. The first-order valence-electron chi connectivity index (χ1n) is 6.92. The third kappa shape index (κ3) is 2.78. The number of aromatic nitrogens is 2. The lowest BCUT2D eigenvalue weighted by Crippen LogP contribution is -2.09. The summed E-state index contributed by atoms with van der Waals surface area (Å²) in [6, 6.07) is 1.97. The Hall–Kier alpha value is -2.09. The van der Waals surface area contributed by atoms with Crippen LogP contribution >= 0.6 is 11.3 Å². The molecule has 0 aliphatic heterocycles. The van der Waals surface area contributed by atoms with Gasteiger partial charge in [0.15, 0.2) is 0 Å². The van der Waals surface area contributed by atoms with Gasteiger partial charge in [-0.3, -0.25) is 4.79 Å². The number of pyridine rings is 2. The minimum Gasteiger partial charge on any atom is -0.506 e. The molecule has 8 heteroatoms. The molecule has 122 valence electrons. The molecule has 0 saturated carbocycles. The lowest BCUT2D eigenvalue weighted by Gasteiger charge is -2.11. The second-order valence-corrected chi connectivity index (χ2v) is 6.76. The summed E-state index contributed by atoms with van der Waals surface area (Å²) >= 11 is 0.937. The molecule has 0 bridgehead atoms. The van der Waals surface area contributed by atoms with Crippen molar-refractivity contribution in [1.29, 1.82) is 0 Å². The molecule has 3 heterocycles. The average molecular weight is 342 g/mol. The third-order valence-corrected chi connectivity index (χ3v) is 4.49. The summed E-state index contributed by atoms with van der Waals surface area (Å²) in [6.45, 7) is 3.79. The zero-order valence-corrected chi connectivity index (χ0v) is 13.1. The third-order valence-electron chi connectivity index (χ3n) is 3.39. The van der Waals surface area contributed by atoms with Crippen LogP contribution in [0.4, 0.5) is 13.2 Å². The topological polar surface area (TPSA) is 66.0 Å². The van der Waals surface area contributed by atoms with Gasteiger partial charge in [-0.2, -0.15) is 13.2 Å². The van der Waals surface area contributed by atoms with Gasteiger partial charge in [-0.25, -0.2) is 4.98 Å². The number of alkyl halides is 3. The van der Waals surface area contributed by atoms with Crippen molar-refractivity contribution in [3.05, 3.63) is 33.7 Å². The van der Waals surface area contributed by atoms with E-state index >= 15 is 0 Å². The fourth-order valence-electron chi connectivity index (χ4n) is 2.54. The largest absolute Gasteiger partial charge is 0.506 e. The SMILES string of the molecule is CC(C)Cc1cc(C(F)(F)F)c2c(n1)sc1c(O)cc(=O)[nH]c12. The number of thiophene rings is 1. The van der Waals surface area contributed by atoms with Crippen LogP contribution in [0.25, 0.3) is 20.4 Å². The van der Waals surface area contributed by atoms with Crippen LogP contribution in [0.1, 0.15) is 25.1 Å². The fourth-order valence-corrected chi connectivity index (χ4v) is 3.63. The van der Waals surface area contributed by atoms with Crippen molar-refractivity contribution in [3.63, 3.8) is 0 Å². The Morgan fingerprint density at radius 2 is 2.04 bits per heavy atom. The molecule has 3 rings (SSSR count). The summed E-state index contributed by atoms with van der Waals surface area (Å²) < 4.78 is 40.6. The average Bonchev–Trinajstić information content (AvgIpc) is 2.74. The Bertz CT molecular complexity index is 957. The van der Waals surface area contributed by atoms with Gasteiger partial charge in [-0.05, 0) is 18.4 Å². The molecular weight excluding hydrogens is 329 g/mol. The Morgan fingerprint density at radius 3 is 2.65 bits per heavy atom. The number of rotatable bonds is 2. The second kappa shape index (κ2) is 5.23. The molecule has 0 aliphatic rings. The Kier molecular flexibility index (Phi) is 3.59. The standard InChI is InChI=1S/C15H13F3N2O2S/c1-6(2)3-7-4-8(15(16,17)18)11-12-13(23-14(11)19-7)9(21)5-10(22)20-12/h4-6H,3H2,1-2H3,(H2,20,21,22). The van der Waals surface area contributed by atoms with Crippen LogP contribution in [0, 0.1) is 5.92 Å². The van der Waals surface area contributed by atoms with Crippen molar-refractivity contribution in [2.75, 3.05) is 0 Å². The molecule has 0 spiro atoms. The first-order chi connectivity index (χ1) is 10.7. The van der Waals surface area contributed by atoms with Crippen LogP contribution in [0.2, 0.25) is 0 Å². The summed E-state index contributed by atoms with van der Waals surface area (Å²) in [5, 5.41) is 9.67. The maximum atomic E-state index is 13.5. The number of nitrogens with one attached hydrogen (secondary N) is 1. The number of H-pyrrole nitrogens is 1. The summed E-state index contributed by atoms with van der Waals surface area (Å²) in [7, 11) is 0. The molecule has 0 amide bonds. The van der Waals surface area contributed by atoms with E-state index in [9.17, 15) is 23.1 Å². The van der Waals surface area contributed by atoms with Gasteiger partial charge in [0.1, 0.15) is 10.6 Å². The van der Waals surface area contributed by atoms with E-state index in [1.807, 2.05) is 13.8 Å². The molecule has 3 aromatic rings. The molecule has 0 aromatic carbocycles. The Labute approximate surface area is 132 Å². The minimum atomic E-state index is -4.58. The molecule has 0 fully saturated rings. The highest BCUT2D eigenvalue weighted by atomic mass is 32.1.